The van der Waals surface area contributed by atoms with Crippen molar-refractivity contribution in [1.29, 1.82) is 0 Å². The van der Waals surface area contributed by atoms with Gasteiger partial charge in [0.2, 0.25) is 0 Å². The molecule has 2 N–H and O–H groups in total. The number of hydrogen-bond donors (Lipinski definition) is 2. The highest BCUT2D eigenvalue weighted by atomic mass is 32.2. The Morgan fingerprint density at radius 2 is 1.57 bits per heavy atom. The number of carbonyl (C=O) groups is 1. The number of nitrogens with one attached hydrogen (secondary N) is 2. The number of hydrogen-bond acceptors (Lipinski definition) is 6. The Hall–Kier alpha value is -3.92. The molecule has 184 valence electrons. The monoisotopic (exact) mass is 497 g/mol. The van der Waals surface area contributed by atoms with Crippen molar-refractivity contribution in [2.45, 2.75) is 17.7 Å². The van der Waals surface area contributed by atoms with Crippen LogP contribution in [0.2, 0.25) is 0 Å². The second-order valence-electron chi connectivity index (χ2n) is 7.85. The van der Waals surface area contributed by atoms with Gasteiger partial charge in [0, 0.05) is 18.3 Å². The summed E-state index contributed by atoms with van der Waals surface area (Å²) >= 11 is 0. The zero-order valence-corrected chi connectivity index (χ0v) is 20.5. The normalized spacial score (nSPS) is 12.9. The zero-order valence-electron chi connectivity index (χ0n) is 19.7. The number of aryl methyl sites for hydroxylation is 1. The van der Waals surface area contributed by atoms with E-state index in [4.69, 9.17) is 14.2 Å². The lowest BCUT2D eigenvalue weighted by Gasteiger charge is -2.31. The van der Waals surface area contributed by atoms with Gasteiger partial charge in [0.05, 0.1) is 37.6 Å². The average Bonchev–Trinajstić information content (AvgIpc) is 2.88. The maximum absolute atomic E-state index is 13.3. The maximum atomic E-state index is 13.3. The van der Waals surface area contributed by atoms with Crippen molar-refractivity contribution < 1.29 is 27.4 Å². The number of anilines is 3. The van der Waals surface area contributed by atoms with Gasteiger partial charge in [-0.25, -0.2) is 13.2 Å². The molecular weight excluding hydrogens is 470 g/mol. The van der Waals surface area contributed by atoms with Gasteiger partial charge in [-0.05, 0) is 73.0 Å². The van der Waals surface area contributed by atoms with Gasteiger partial charge < -0.3 is 24.8 Å². The lowest BCUT2D eigenvalue weighted by atomic mass is 10.0. The Bertz CT molecular complexity index is 1330. The molecule has 1 aliphatic rings. The number of rotatable bonds is 7. The summed E-state index contributed by atoms with van der Waals surface area (Å²) in [5, 5.41) is 5.56. The molecule has 0 saturated carbocycles. The summed E-state index contributed by atoms with van der Waals surface area (Å²) in [6, 6.07) is 16.2. The molecule has 2 amide bonds. The summed E-state index contributed by atoms with van der Waals surface area (Å²) in [7, 11) is 0.852. The fourth-order valence-corrected chi connectivity index (χ4v) is 5.49. The first-order valence-electron chi connectivity index (χ1n) is 11.0. The Morgan fingerprint density at radius 3 is 2.26 bits per heavy atom. The van der Waals surface area contributed by atoms with Crippen molar-refractivity contribution in [2.75, 3.05) is 42.8 Å². The van der Waals surface area contributed by atoms with Gasteiger partial charge in [-0.2, -0.15) is 0 Å². The van der Waals surface area contributed by atoms with Gasteiger partial charge in [0.15, 0.2) is 0 Å². The number of ether oxygens (including phenoxy) is 3. The van der Waals surface area contributed by atoms with Crippen LogP contribution in [-0.2, 0) is 16.4 Å². The van der Waals surface area contributed by atoms with Crippen molar-refractivity contribution in [3.63, 3.8) is 0 Å². The summed E-state index contributed by atoms with van der Waals surface area (Å²) in [6.45, 7) is 0.381. The van der Waals surface area contributed by atoms with Crippen molar-refractivity contribution in [1.82, 2.24) is 0 Å². The Labute approximate surface area is 204 Å². The average molecular weight is 498 g/mol. The SMILES string of the molecule is COc1ccc(S(=O)(=O)N2CCCc3cc(NC(=O)Nc4ccc(OC)cc4OC)ccc32)cc1. The number of urea groups is 1. The van der Waals surface area contributed by atoms with Gasteiger partial charge in [0.1, 0.15) is 17.2 Å². The van der Waals surface area contributed by atoms with E-state index in [1.54, 1.807) is 55.6 Å². The van der Waals surface area contributed by atoms with Crippen LogP contribution in [0.1, 0.15) is 12.0 Å². The molecule has 10 heteroatoms. The summed E-state index contributed by atoms with van der Waals surface area (Å²) < 4.78 is 43.6. The minimum Gasteiger partial charge on any atom is -0.497 e. The second-order valence-corrected chi connectivity index (χ2v) is 9.71. The van der Waals surface area contributed by atoms with Crippen LogP contribution in [0.15, 0.2) is 65.6 Å². The van der Waals surface area contributed by atoms with E-state index >= 15 is 0 Å². The van der Waals surface area contributed by atoms with Crippen molar-refractivity contribution in [3.05, 3.63) is 66.2 Å². The number of fused-ring (bicyclic) bond motifs is 1. The van der Waals surface area contributed by atoms with E-state index in [0.29, 0.717) is 53.7 Å². The molecule has 0 aromatic heterocycles. The number of carbonyl (C=O) groups excluding carboxylic acids is 1. The summed E-state index contributed by atoms with van der Waals surface area (Å²) in [6.07, 6.45) is 1.37. The fraction of sp³-hybridized carbons (Fsp3) is 0.240. The van der Waals surface area contributed by atoms with Crippen molar-refractivity contribution >= 4 is 33.1 Å². The molecular formula is C25H27N3O6S. The second kappa shape index (κ2) is 10.1. The molecule has 0 spiro atoms. The molecule has 1 heterocycles. The Balaban J connectivity index is 1.52. The molecule has 0 saturated heterocycles. The van der Waals surface area contributed by atoms with Gasteiger partial charge in [-0.15, -0.1) is 0 Å². The van der Waals surface area contributed by atoms with E-state index in [1.807, 2.05) is 0 Å². The molecule has 9 nitrogen and oxygen atoms in total. The van der Waals surface area contributed by atoms with E-state index in [0.717, 1.165) is 5.56 Å². The summed E-state index contributed by atoms with van der Waals surface area (Å²) in [4.78, 5) is 12.8. The predicted molar refractivity (Wildman–Crippen MR) is 134 cm³/mol. The third-order valence-electron chi connectivity index (χ3n) is 5.72. The first-order valence-corrected chi connectivity index (χ1v) is 12.4. The highest BCUT2D eigenvalue weighted by Gasteiger charge is 2.29. The first-order chi connectivity index (χ1) is 16.8. The highest BCUT2D eigenvalue weighted by molar-refractivity contribution is 7.92. The zero-order chi connectivity index (χ0) is 25.0. The lowest BCUT2D eigenvalue weighted by Crippen LogP contribution is -2.35. The van der Waals surface area contributed by atoms with Crippen LogP contribution in [0, 0.1) is 0 Å². The van der Waals surface area contributed by atoms with Crippen LogP contribution in [0.25, 0.3) is 0 Å². The maximum Gasteiger partial charge on any atom is 0.323 e. The van der Waals surface area contributed by atoms with Crippen LogP contribution in [0.4, 0.5) is 21.9 Å². The minimum atomic E-state index is -3.74. The first kappa shape index (κ1) is 24.2. The van der Waals surface area contributed by atoms with Gasteiger partial charge in [0.25, 0.3) is 10.0 Å². The lowest BCUT2D eigenvalue weighted by molar-refractivity contribution is 0.262. The van der Waals surface area contributed by atoms with Crippen LogP contribution in [0.3, 0.4) is 0 Å². The predicted octanol–water partition coefficient (Wildman–Crippen LogP) is 4.50. The van der Waals surface area contributed by atoms with Crippen LogP contribution >= 0.6 is 0 Å². The number of benzene rings is 3. The molecule has 1 aliphatic heterocycles. The third kappa shape index (κ3) is 5.12. The number of nitrogens with zero attached hydrogens (tertiary/aromatic N) is 1. The van der Waals surface area contributed by atoms with Crippen molar-refractivity contribution in [2.24, 2.45) is 0 Å². The Morgan fingerprint density at radius 1 is 0.857 bits per heavy atom. The van der Waals surface area contributed by atoms with Crippen LogP contribution < -0.4 is 29.1 Å². The van der Waals surface area contributed by atoms with E-state index in [9.17, 15) is 13.2 Å². The number of methoxy groups -OCH3 is 3. The molecule has 0 fully saturated rings. The molecule has 0 unspecified atom stereocenters. The van der Waals surface area contributed by atoms with E-state index in [2.05, 4.69) is 10.6 Å². The smallest absolute Gasteiger partial charge is 0.323 e. The highest BCUT2D eigenvalue weighted by Crippen LogP contribution is 2.34. The van der Waals surface area contributed by atoms with Crippen LogP contribution in [0.5, 0.6) is 17.2 Å². The molecule has 35 heavy (non-hydrogen) atoms. The van der Waals surface area contributed by atoms with Crippen molar-refractivity contribution in [3.8, 4) is 17.2 Å². The summed E-state index contributed by atoms with van der Waals surface area (Å²) in [5.74, 6) is 1.66. The molecule has 3 aromatic carbocycles. The number of amides is 2. The Kier molecular flexibility index (Phi) is 7.02. The topological polar surface area (TPSA) is 106 Å². The molecule has 3 aromatic rings. The quantitative estimate of drug-likeness (QED) is 0.498. The summed E-state index contributed by atoms with van der Waals surface area (Å²) in [5.41, 5.74) is 2.49. The van der Waals surface area contributed by atoms with E-state index in [1.165, 1.54) is 30.7 Å². The van der Waals surface area contributed by atoms with E-state index in [-0.39, 0.29) is 4.90 Å². The molecule has 0 atom stereocenters. The molecule has 0 radical (unpaired) electrons. The minimum absolute atomic E-state index is 0.196. The van der Waals surface area contributed by atoms with Gasteiger partial charge >= 0.3 is 6.03 Å². The molecule has 0 aliphatic carbocycles. The standard InChI is InChI=1S/C25H27N3O6S/c1-32-19-7-10-21(11-8-19)35(30,31)28-14-4-5-17-15-18(6-13-23(17)28)26-25(29)27-22-12-9-20(33-2)16-24(22)34-3/h6-13,15-16H,4-5,14H2,1-3H3,(H2,26,27,29). The molecule has 4 rings (SSSR count). The number of sulfonamides is 1. The third-order valence-corrected chi connectivity index (χ3v) is 7.55. The van der Waals surface area contributed by atoms with E-state index < -0.39 is 16.1 Å². The van der Waals surface area contributed by atoms with Gasteiger partial charge in [-0.1, -0.05) is 0 Å². The van der Waals surface area contributed by atoms with Gasteiger partial charge in [-0.3, -0.25) is 4.31 Å². The largest absolute Gasteiger partial charge is 0.497 e. The van der Waals surface area contributed by atoms with Crippen LogP contribution in [-0.4, -0.2) is 42.3 Å². The fourth-order valence-electron chi connectivity index (χ4n) is 3.95. The molecule has 0 bridgehead atoms.